The number of carbonyl (C=O) groups is 2. The fourth-order valence-electron chi connectivity index (χ4n) is 3.12. The number of hydrogen-bond acceptors (Lipinski definition) is 5. The minimum atomic E-state index is -1.06. The lowest BCUT2D eigenvalue weighted by Gasteiger charge is -2.29. The van der Waals surface area contributed by atoms with Gasteiger partial charge in [0, 0.05) is 17.8 Å². The molecule has 0 radical (unpaired) electrons. The highest BCUT2D eigenvalue weighted by Gasteiger charge is 2.31. The molecule has 0 spiro atoms. The molecule has 2 N–H and O–H groups in total. The van der Waals surface area contributed by atoms with Crippen LogP contribution in [0.4, 0.5) is 19.3 Å². The van der Waals surface area contributed by atoms with Gasteiger partial charge >= 0.3 is 6.03 Å². The molecule has 8 nitrogen and oxygen atoms in total. The average Bonchev–Trinajstić information content (AvgIpc) is 3.08. The molecule has 0 unspecified atom stereocenters. The molecule has 0 saturated heterocycles. The number of nitriles is 1. The molecule has 1 aromatic heterocycles. The predicted molar refractivity (Wildman–Crippen MR) is 91.1 cm³/mol. The standard InChI is InChI=1S/C18H13F2N5O3/c19-11-1-2-12-10(16(11)20)6-25(18(27)24-12)7-15(26)23-13-8-28-14-3-9(4-21)5-22-17(13)14/h1-3,5,13H,6-8H2,(H,23,26)(H,24,27)/t13-/m0/s1. The summed E-state index contributed by atoms with van der Waals surface area (Å²) in [6.45, 7) is -0.457. The topological polar surface area (TPSA) is 107 Å². The van der Waals surface area contributed by atoms with Crippen molar-refractivity contribution in [1.29, 1.82) is 5.26 Å². The van der Waals surface area contributed by atoms with Crippen LogP contribution < -0.4 is 15.4 Å². The van der Waals surface area contributed by atoms with Crippen molar-refractivity contribution in [2.75, 3.05) is 18.5 Å². The molecule has 2 aliphatic heterocycles. The van der Waals surface area contributed by atoms with Crippen LogP contribution in [0.25, 0.3) is 0 Å². The van der Waals surface area contributed by atoms with Crippen molar-refractivity contribution in [3.8, 4) is 11.8 Å². The van der Waals surface area contributed by atoms with Gasteiger partial charge in [0.2, 0.25) is 5.91 Å². The number of fused-ring (bicyclic) bond motifs is 2. The van der Waals surface area contributed by atoms with E-state index in [2.05, 4.69) is 15.6 Å². The Morgan fingerprint density at radius 1 is 1.46 bits per heavy atom. The molecule has 3 amide bonds. The van der Waals surface area contributed by atoms with Crippen LogP contribution in [-0.2, 0) is 11.3 Å². The summed E-state index contributed by atoms with van der Waals surface area (Å²) in [7, 11) is 0. The van der Waals surface area contributed by atoms with Crippen molar-refractivity contribution in [3.63, 3.8) is 0 Å². The fraction of sp³-hybridized carbons (Fsp3) is 0.222. The summed E-state index contributed by atoms with van der Waals surface area (Å²) in [6.07, 6.45) is 1.37. The summed E-state index contributed by atoms with van der Waals surface area (Å²) in [4.78, 5) is 29.7. The third kappa shape index (κ3) is 3.07. The molecule has 0 saturated carbocycles. The van der Waals surface area contributed by atoms with Crippen molar-refractivity contribution in [1.82, 2.24) is 15.2 Å². The number of halogens is 2. The quantitative estimate of drug-likeness (QED) is 0.838. The molecule has 0 bridgehead atoms. The Kier molecular flexibility index (Phi) is 4.27. The Hall–Kier alpha value is -3.74. The average molecular weight is 385 g/mol. The first-order valence-electron chi connectivity index (χ1n) is 8.31. The van der Waals surface area contributed by atoms with Gasteiger partial charge in [-0.15, -0.1) is 0 Å². The largest absolute Gasteiger partial charge is 0.489 e. The lowest BCUT2D eigenvalue weighted by molar-refractivity contribution is -0.122. The van der Waals surface area contributed by atoms with E-state index in [4.69, 9.17) is 10.00 Å². The van der Waals surface area contributed by atoms with Crippen molar-refractivity contribution in [3.05, 3.63) is 52.9 Å². The Morgan fingerprint density at radius 3 is 3.07 bits per heavy atom. The highest BCUT2D eigenvalue weighted by atomic mass is 19.2. The summed E-state index contributed by atoms with van der Waals surface area (Å²) in [5, 5.41) is 14.0. The molecule has 142 valence electrons. The minimum Gasteiger partial charge on any atom is -0.489 e. The van der Waals surface area contributed by atoms with E-state index in [1.807, 2.05) is 6.07 Å². The first kappa shape index (κ1) is 17.7. The second-order valence-electron chi connectivity index (χ2n) is 6.32. The third-order valence-corrected chi connectivity index (χ3v) is 4.49. The Labute approximate surface area is 157 Å². The van der Waals surface area contributed by atoms with Crippen LogP contribution in [0.15, 0.2) is 24.4 Å². The monoisotopic (exact) mass is 385 g/mol. The number of ether oxygens (including phenoxy) is 1. The Bertz CT molecular complexity index is 1040. The minimum absolute atomic E-state index is 0.0207. The zero-order chi connectivity index (χ0) is 19.8. The van der Waals surface area contributed by atoms with Crippen LogP contribution in [0.5, 0.6) is 5.75 Å². The van der Waals surface area contributed by atoms with Crippen molar-refractivity contribution >= 4 is 17.6 Å². The molecule has 10 heteroatoms. The Balaban J connectivity index is 1.45. The molecule has 1 atom stereocenters. The summed E-state index contributed by atoms with van der Waals surface area (Å²) < 4.78 is 32.8. The normalized spacial score (nSPS) is 17.1. The zero-order valence-electron chi connectivity index (χ0n) is 14.3. The smallest absolute Gasteiger partial charge is 0.322 e. The zero-order valence-corrected chi connectivity index (χ0v) is 14.3. The van der Waals surface area contributed by atoms with Crippen molar-refractivity contribution in [2.45, 2.75) is 12.6 Å². The van der Waals surface area contributed by atoms with Crippen LogP contribution in [0.3, 0.4) is 0 Å². The number of nitrogens with one attached hydrogen (secondary N) is 2. The molecule has 1 aromatic carbocycles. The summed E-state index contributed by atoms with van der Waals surface area (Å²) in [6, 6.07) is 4.56. The number of benzene rings is 1. The van der Waals surface area contributed by atoms with Gasteiger partial charge in [-0.05, 0) is 12.1 Å². The third-order valence-electron chi connectivity index (χ3n) is 4.49. The van der Waals surface area contributed by atoms with Crippen LogP contribution in [0.1, 0.15) is 22.9 Å². The molecule has 2 aromatic rings. The van der Waals surface area contributed by atoms with Gasteiger partial charge in [-0.1, -0.05) is 0 Å². The van der Waals surface area contributed by atoms with E-state index in [9.17, 15) is 18.4 Å². The first-order chi connectivity index (χ1) is 13.5. The van der Waals surface area contributed by atoms with Crippen LogP contribution in [0.2, 0.25) is 0 Å². The fourth-order valence-corrected chi connectivity index (χ4v) is 3.12. The maximum absolute atomic E-state index is 14.0. The number of urea groups is 1. The van der Waals surface area contributed by atoms with Crippen LogP contribution in [-0.4, -0.2) is 35.0 Å². The van der Waals surface area contributed by atoms with E-state index in [0.717, 1.165) is 11.0 Å². The number of amides is 3. The lowest BCUT2D eigenvalue weighted by Crippen LogP contribution is -2.45. The SMILES string of the molecule is N#Cc1cnc2c(c1)OC[C@@H]2NC(=O)CN1Cc2c(ccc(F)c2F)NC1=O. The molecule has 3 heterocycles. The molecule has 0 fully saturated rings. The van der Waals surface area contributed by atoms with Gasteiger partial charge in [-0.3, -0.25) is 9.78 Å². The number of pyridine rings is 1. The second-order valence-corrected chi connectivity index (χ2v) is 6.32. The van der Waals surface area contributed by atoms with Gasteiger partial charge in [0.15, 0.2) is 11.6 Å². The molecule has 4 rings (SSSR count). The number of carbonyl (C=O) groups excluding carboxylic acids is 2. The van der Waals surface area contributed by atoms with E-state index in [1.54, 1.807) is 0 Å². The molecule has 28 heavy (non-hydrogen) atoms. The highest BCUT2D eigenvalue weighted by Crippen LogP contribution is 2.31. The predicted octanol–water partition coefficient (Wildman–Crippen LogP) is 1.83. The second kappa shape index (κ2) is 6.77. The van der Waals surface area contributed by atoms with E-state index < -0.39 is 29.6 Å². The van der Waals surface area contributed by atoms with Crippen LogP contribution in [0, 0.1) is 23.0 Å². The van der Waals surface area contributed by atoms with Gasteiger partial charge in [0.05, 0.1) is 17.8 Å². The maximum Gasteiger partial charge on any atom is 0.322 e. The molecular weight excluding hydrogens is 372 g/mol. The lowest BCUT2D eigenvalue weighted by atomic mass is 10.1. The van der Waals surface area contributed by atoms with Gasteiger partial charge < -0.3 is 20.3 Å². The molecule has 0 aliphatic carbocycles. The van der Waals surface area contributed by atoms with Gasteiger partial charge in [-0.25, -0.2) is 13.6 Å². The number of nitrogens with zero attached hydrogens (tertiary/aromatic N) is 3. The van der Waals surface area contributed by atoms with E-state index in [0.29, 0.717) is 17.0 Å². The first-order valence-corrected chi connectivity index (χ1v) is 8.31. The number of hydrogen-bond donors (Lipinski definition) is 2. The highest BCUT2D eigenvalue weighted by molar-refractivity contribution is 5.95. The number of anilines is 1. The molecule has 2 aliphatic rings. The van der Waals surface area contributed by atoms with Gasteiger partial charge in [0.25, 0.3) is 0 Å². The van der Waals surface area contributed by atoms with Gasteiger partial charge in [0.1, 0.15) is 36.7 Å². The number of rotatable bonds is 3. The van der Waals surface area contributed by atoms with Crippen molar-refractivity contribution < 1.29 is 23.1 Å². The number of aromatic nitrogens is 1. The van der Waals surface area contributed by atoms with Gasteiger partial charge in [-0.2, -0.15) is 5.26 Å². The van der Waals surface area contributed by atoms with E-state index in [1.165, 1.54) is 18.3 Å². The van der Waals surface area contributed by atoms with E-state index >= 15 is 0 Å². The summed E-state index contributed by atoms with van der Waals surface area (Å²) in [5.41, 5.74) is 0.973. The van der Waals surface area contributed by atoms with Crippen molar-refractivity contribution in [2.24, 2.45) is 0 Å². The van der Waals surface area contributed by atoms with Crippen LogP contribution >= 0.6 is 0 Å². The molecular formula is C18H13F2N5O3. The Morgan fingerprint density at radius 2 is 2.29 bits per heavy atom. The maximum atomic E-state index is 14.0. The summed E-state index contributed by atoms with van der Waals surface area (Å²) >= 11 is 0. The summed E-state index contributed by atoms with van der Waals surface area (Å²) in [5.74, 6) is -2.19. The van der Waals surface area contributed by atoms with E-state index in [-0.39, 0.29) is 30.9 Å².